The fourth-order valence-electron chi connectivity index (χ4n) is 4.25. The van der Waals surface area contributed by atoms with E-state index in [9.17, 15) is 4.79 Å². The van der Waals surface area contributed by atoms with Crippen molar-refractivity contribution in [1.82, 2.24) is 20.3 Å². The molecule has 0 aliphatic heterocycles. The van der Waals surface area contributed by atoms with Crippen molar-refractivity contribution in [3.63, 3.8) is 0 Å². The second kappa shape index (κ2) is 11.5. The molecule has 4 rings (SSSR count). The number of H-pyrrole nitrogens is 1. The Hall–Kier alpha value is -4.20. The zero-order valence-corrected chi connectivity index (χ0v) is 21.1. The third-order valence-electron chi connectivity index (χ3n) is 6.01. The maximum Gasteiger partial charge on any atom is 0.234 e. The molecular formula is C28H32N6O2. The topological polar surface area (TPSA) is 104 Å². The minimum atomic E-state index is -0.290. The number of aromatic nitrogens is 3. The van der Waals surface area contributed by atoms with Crippen LogP contribution in [0.3, 0.4) is 0 Å². The molecule has 186 valence electrons. The molecule has 2 aromatic carbocycles. The molecule has 2 aromatic heterocycles. The lowest BCUT2D eigenvalue weighted by atomic mass is 9.96. The summed E-state index contributed by atoms with van der Waals surface area (Å²) in [6.45, 7) is 6.28. The summed E-state index contributed by atoms with van der Waals surface area (Å²) in [5.41, 5.74) is 4.78. The lowest BCUT2D eigenvalue weighted by Gasteiger charge is -2.17. The molecule has 8 nitrogen and oxygen atoms in total. The van der Waals surface area contributed by atoms with Crippen LogP contribution in [-0.4, -0.2) is 40.5 Å². The Labute approximate surface area is 211 Å². The zero-order valence-electron chi connectivity index (χ0n) is 21.1. The van der Waals surface area contributed by atoms with Gasteiger partial charge in [0.05, 0.1) is 13.0 Å². The Kier molecular flexibility index (Phi) is 7.95. The van der Waals surface area contributed by atoms with Gasteiger partial charge in [0.1, 0.15) is 5.75 Å². The molecule has 1 atom stereocenters. The Morgan fingerprint density at radius 2 is 1.83 bits per heavy atom. The highest BCUT2D eigenvalue weighted by molar-refractivity contribution is 6.05. The minimum Gasteiger partial charge on any atom is -0.497 e. The van der Waals surface area contributed by atoms with Gasteiger partial charge in [-0.3, -0.25) is 20.4 Å². The number of guanidine groups is 1. The Morgan fingerprint density at radius 1 is 1.08 bits per heavy atom. The van der Waals surface area contributed by atoms with Crippen LogP contribution in [0, 0.1) is 13.8 Å². The van der Waals surface area contributed by atoms with Gasteiger partial charge in [-0.15, -0.1) is 0 Å². The first-order valence-electron chi connectivity index (χ1n) is 12.1. The molecule has 8 heteroatoms. The molecule has 0 spiro atoms. The lowest BCUT2D eigenvalue weighted by Crippen LogP contribution is -2.39. The summed E-state index contributed by atoms with van der Waals surface area (Å²) < 4.78 is 5.31. The maximum absolute atomic E-state index is 13.2. The van der Waals surface area contributed by atoms with Crippen LogP contribution in [0.2, 0.25) is 0 Å². The molecule has 0 unspecified atom stereocenters. The summed E-state index contributed by atoms with van der Waals surface area (Å²) in [6.07, 6.45) is 3.35. The number of fused-ring (bicyclic) bond motifs is 1. The SMILES string of the molecule is CC[C@@H](C(=O)NC(=NCCc1c[nH]c2cc(OC)ccc12)Nc1nc(C)cc(C)n1)c1ccccc1. The normalized spacial score (nSPS) is 12.4. The van der Waals surface area contributed by atoms with Gasteiger partial charge < -0.3 is 9.72 Å². The van der Waals surface area contributed by atoms with Crippen molar-refractivity contribution < 1.29 is 9.53 Å². The number of amides is 1. The number of nitrogens with zero attached hydrogens (tertiary/aromatic N) is 3. The molecule has 0 aliphatic carbocycles. The number of aryl methyl sites for hydroxylation is 2. The summed E-state index contributed by atoms with van der Waals surface area (Å²) in [6, 6.07) is 17.6. The van der Waals surface area contributed by atoms with Crippen molar-refractivity contribution in [1.29, 1.82) is 0 Å². The molecule has 4 aromatic rings. The number of aliphatic imine (C=N–C) groups is 1. The van der Waals surface area contributed by atoms with Gasteiger partial charge >= 0.3 is 0 Å². The van der Waals surface area contributed by atoms with Crippen LogP contribution in [0.1, 0.15) is 41.8 Å². The highest BCUT2D eigenvalue weighted by Gasteiger charge is 2.20. The van der Waals surface area contributed by atoms with Crippen LogP contribution in [0.25, 0.3) is 10.9 Å². The quantitative estimate of drug-likeness (QED) is 0.244. The molecule has 0 saturated heterocycles. The second-order valence-electron chi connectivity index (χ2n) is 8.67. The number of aromatic amines is 1. The van der Waals surface area contributed by atoms with E-state index in [0.29, 0.717) is 31.3 Å². The van der Waals surface area contributed by atoms with Crippen LogP contribution in [0.15, 0.2) is 65.8 Å². The standard InChI is InChI=1S/C28H32N6O2/c1-5-23(20-9-7-6-8-10-20)26(35)33-27(34-28-31-18(2)15-19(3)32-28)29-14-13-21-17-30-25-16-22(36-4)11-12-24(21)25/h6-12,15-17,23,30H,5,13-14H2,1-4H3,(H2,29,31,32,33,34,35)/t23-/m1/s1. The first kappa shape index (κ1) is 24.9. The molecule has 0 fully saturated rings. The first-order chi connectivity index (χ1) is 17.5. The number of carbonyl (C=O) groups excluding carboxylic acids is 1. The maximum atomic E-state index is 13.2. The van der Waals surface area contributed by atoms with E-state index in [4.69, 9.17) is 9.73 Å². The molecule has 0 bridgehead atoms. The minimum absolute atomic E-state index is 0.126. The fourth-order valence-corrected chi connectivity index (χ4v) is 4.25. The molecule has 0 saturated carbocycles. The number of methoxy groups -OCH3 is 1. The highest BCUT2D eigenvalue weighted by atomic mass is 16.5. The summed E-state index contributed by atoms with van der Waals surface area (Å²) in [5, 5.41) is 7.23. The number of anilines is 1. The van der Waals surface area contributed by atoms with E-state index in [2.05, 4.69) is 25.6 Å². The average molecular weight is 485 g/mol. The van der Waals surface area contributed by atoms with Crippen molar-refractivity contribution in [2.75, 3.05) is 19.0 Å². The van der Waals surface area contributed by atoms with Crippen molar-refractivity contribution in [2.24, 2.45) is 4.99 Å². The van der Waals surface area contributed by atoms with Crippen LogP contribution < -0.4 is 15.4 Å². The van der Waals surface area contributed by atoms with Crippen molar-refractivity contribution in [2.45, 2.75) is 39.5 Å². The van der Waals surface area contributed by atoms with Gasteiger partial charge in [0.2, 0.25) is 17.8 Å². The van der Waals surface area contributed by atoms with Crippen molar-refractivity contribution >= 4 is 28.7 Å². The Morgan fingerprint density at radius 3 is 2.53 bits per heavy atom. The summed E-state index contributed by atoms with van der Waals surface area (Å²) in [4.78, 5) is 30.1. The number of hydrogen-bond donors (Lipinski definition) is 3. The van der Waals surface area contributed by atoms with Crippen molar-refractivity contribution in [3.8, 4) is 5.75 Å². The molecule has 0 radical (unpaired) electrons. The second-order valence-corrected chi connectivity index (χ2v) is 8.67. The number of ether oxygens (including phenoxy) is 1. The number of nitrogens with one attached hydrogen (secondary N) is 3. The van der Waals surface area contributed by atoms with Gasteiger partial charge in [0.25, 0.3) is 0 Å². The summed E-state index contributed by atoms with van der Waals surface area (Å²) >= 11 is 0. The Bertz CT molecular complexity index is 1340. The molecular weight excluding hydrogens is 452 g/mol. The number of hydrogen-bond acceptors (Lipinski definition) is 5. The largest absolute Gasteiger partial charge is 0.497 e. The Balaban J connectivity index is 1.54. The van der Waals surface area contributed by atoms with Crippen molar-refractivity contribution in [3.05, 3.63) is 83.3 Å². The van der Waals surface area contributed by atoms with Gasteiger partial charge in [-0.05, 0) is 56.0 Å². The van der Waals surface area contributed by atoms with Gasteiger partial charge in [0, 0.05) is 41.1 Å². The van der Waals surface area contributed by atoms with E-state index < -0.39 is 0 Å². The monoisotopic (exact) mass is 484 g/mol. The van der Waals surface area contributed by atoms with Gasteiger partial charge in [-0.2, -0.15) is 0 Å². The van der Waals surface area contributed by atoms with Crippen LogP contribution in [-0.2, 0) is 11.2 Å². The highest BCUT2D eigenvalue weighted by Crippen LogP contribution is 2.23. The van der Waals surface area contributed by atoms with E-state index in [1.54, 1.807) is 7.11 Å². The van der Waals surface area contributed by atoms with E-state index >= 15 is 0 Å². The fraction of sp³-hybridized carbons (Fsp3) is 0.286. The smallest absolute Gasteiger partial charge is 0.234 e. The third kappa shape index (κ3) is 6.07. The van der Waals surface area contributed by atoms with Crippen LogP contribution in [0.4, 0.5) is 5.95 Å². The summed E-state index contributed by atoms with van der Waals surface area (Å²) in [7, 11) is 1.66. The third-order valence-corrected chi connectivity index (χ3v) is 6.01. The molecule has 2 heterocycles. The predicted molar refractivity (Wildman–Crippen MR) is 144 cm³/mol. The molecule has 36 heavy (non-hydrogen) atoms. The van der Waals surface area contributed by atoms with Gasteiger partial charge in [-0.1, -0.05) is 37.3 Å². The zero-order chi connectivity index (χ0) is 25.5. The number of carbonyl (C=O) groups is 1. The summed E-state index contributed by atoms with van der Waals surface area (Å²) in [5.74, 6) is 1.13. The van der Waals surface area contributed by atoms with E-state index in [1.165, 1.54) is 0 Å². The predicted octanol–water partition coefficient (Wildman–Crippen LogP) is 4.90. The number of benzene rings is 2. The van der Waals surface area contributed by atoms with E-state index in [1.807, 2.05) is 81.6 Å². The molecule has 0 aliphatic rings. The van der Waals surface area contributed by atoms with Gasteiger partial charge in [-0.25, -0.2) is 9.97 Å². The van der Waals surface area contributed by atoms with Gasteiger partial charge in [0.15, 0.2) is 0 Å². The van der Waals surface area contributed by atoms with Crippen LogP contribution in [0.5, 0.6) is 5.75 Å². The first-order valence-corrected chi connectivity index (χ1v) is 12.1. The molecule has 3 N–H and O–H groups in total. The van der Waals surface area contributed by atoms with E-state index in [-0.39, 0.29) is 11.8 Å². The van der Waals surface area contributed by atoms with E-state index in [0.717, 1.165) is 39.2 Å². The molecule has 1 amide bonds. The average Bonchev–Trinajstić information content (AvgIpc) is 3.26. The van der Waals surface area contributed by atoms with Crippen LogP contribution >= 0.6 is 0 Å². The lowest BCUT2D eigenvalue weighted by molar-refractivity contribution is -0.121. The number of rotatable bonds is 8.